The molecule has 0 radical (unpaired) electrons. The van der Waals surface area contributed by atoms with Crippen LogP contribution in [0.1, 0.15) is 24.8 Å². The Labute approximate surface area is 131 Å². The lowest BCUT2D eigenvalue weighted by Crippen LogP contribution is -2.38. The van der Waals surface area contributed by atoms with Crippen molar-refractivity contribution in [3.63, 3.8) is 0 Å². The molecule has 5 nitrogen and oxygen atoms in total. The number of amides is 3. The first kappa shape index (κ1) is 16.1. The summed E-state index contributed by atoms with van der Waals surface area (Å²) in [5.41, 5.74) is 1.10. The van der Waals surface area contributed by atoms with Crippen molar-refractivity contribution in [1.29, 1.82) is 0 Å². The Morgan fingerprint density at radius 1 is 1.09 bits per heavy atom. The minimum Gasteiger partial charge on any atom is -0.343 e. The fourth-order valence-corrected chi connectivity index (χ4v) is 2.38. The van der Waals surface area contributed by atoms with E-state index in [1.54, 1.807) is 0 Å². The van der Waals surface area contributed by atoms with Gasteiger partial charge in [-0.25, -0.2) is 4.79 Å². The number of nitrogens with one attached hydrogen (secondary N) is 2. The van der Waals surface area contributed by atoms with Gasteiger partial charge < -0.3 is 15.5 Å². The average Bonchev–Trinajstić information content (AvgIpc) is 3.07. The van der Waals surface area contributed by atoms with E-state index in [0.717, 1.165) is 31.5 Å². The van der Waals surface area contributed by atoms with E-state index in [9.17, 15) is 9.59 Å². The lowest BCUT2D eigenvalue weighted by atomic mass is 10.2. The fraction of sp³-hybridized carbons (Fsp3) is 0.412. The molecule has 118 valence electrons. The number of urea groups is 1. The molecule has 0 unspecified atom stereocenters. The number of nitrogens with zero attached hydrogens (tertiary/aromatic N) is 1. The second-order valence-corrected chi connectivity index (χ2v) is 5.29. The predicted molar refractivity (Wildman–Crippen MR) is 87.3 cm³/mol. The molecule has 0 spiro atoms. The summed E-state index contributed by atoms with van der Waals surface area (Å²) in [6, 6.07) is 9.66. The Morgan fingerprint density at radius 2 is 1.82 bits per heavy atom. The molecular weight excluding hydrogens is 278 g/mol. The third-order valence-corrected chi connectivity index (χ3v) is 3.57. The monoisotopic (exact) mass is 301 g/mol. The minimum absolute atomic E-state index is 0.127. The van der Waals surface area contributed by atoms with Crippen LogP contribution in [0, 0.1) is 0 Å². The fourth-order valence-electron chi connectivity index (χ4n) is 2.38. The van der Waals surface area contributed by atoms with Gasteiger partial charge in [0.05, 0.1) is 0 Å². The molecule has 1 aromatic rings. The van der Waals surface area contributed by atoms with Crippen LogP contribution in [0.15, 0.2) is 36.4 Å². The van der Waals surface area contributed by atoms with E-state index in [1.807, 2.05) is 47.4 Å². The molecule has 22 heavy (non-hydrogen) atoms. The quantitative estimate of drug-likeness (QED) is 0.844. The zero-order valence-electron chi connectivity index (χ0n) is 12.8. The number of likely N-dealkylation sites (tertiary alicyclic amines) is 1. The van der Waals surface area contributed by atoms with Gasteiger partial charge in [0.15, 0.2) is 0 Å². The maximum Gasteiger partial charge on any atom is 0.315 e. The molecule has 0 aliphatic carbocycles. The second kappa shape index (κ2) is 8.87. The molecule has 3 amide bonds. The summed E-state index contributed by atoms with van der Waals surface area (Å²) in [6.45, 7) is 2.55. The molecule has 1 saturated heterocycles. The van der Waals surface area contributed by atoms with E-state index in [0.29, 0.717) is 19.5 Å². The largest absolute Gasteiger partial charge is 0.343 e. The highest BCUT2D eigenvalue weighted by Crippen LogP contribution is 2.08. The molecule has 0 aromatic heterocycles. The van der Waals surface area contributed by atoms with Crippen LogP contribution in [0.4, 0.5) is 4.79 Å². The lowest BCUT2D eigenvalue weighted by molar-refractivity contribution is -0.129. The van der Waals surface area contributed by atoms with Crippen molar-refractivity contribution in [2.45, 2.75) is 19.3 Å². The number of hydrogen-bond acceptors (Lipinski definition) is 2. The SMILES string of the molecule is O=C(NC/C=C\c1ccccc1)NCCC(=O)N1CCCC1. The van der Waals surface area contributed by atoms with Crippen LogP contribution in [-0.2, 0) is 4.79 Å². The van der Waals surface area contributed by atoms with Gasteiger partial charge in [0.2, 0.25) is 5.91 Å². The van der Waals surface area contributed by atoms with Crippen molar-refractivity contribution in [2.24, 2.45) is 0 Å². The van der Waals surface area contributed by atoms with Gasteiger partial charge in [-0.15, -0.1) is 0 Å². The van der Waals surface area contributed by atoms with E-state index in [4.69, 9.17) is 0 Å². The van der Waals surface area contributed by atoms with Crippen LogP contribution >= 0.6 is 0 Å². The molecule has 1 fully saturated rings. The van der Waals surface area contributed by atoms with Gasteiger partial charge in [-0.3, -0.25) is 4.79 Å². The van der Waals surface area contributed by atoms with Crippen molar-refractivity contribution in [3.05, 3.63) is 42.0 Å². The summed E-state index contributed by atoms with van der Waals surface area (Å²) in [7, 11) is 0. The number of carbonyl (C=O) groups is 2. The van der Waals surface area contributed by atoms with Crippen LogP contribution in [-0.4, -0.2) is 43.0 Å². The summed E-state index contributed by atoms with van der Waals surface area (Å²) in [5, 5.41) is 5.44. The summed E-state index contributed by atoms with van der Waals surface area (Å²) in [5.74, 6) is 0.127. The van der Waals surface area contributed by atoms with E-state index in [-0.39, 0.29) is 11.9 Å². The van der Waals surface area contributed by atoms with Crippen LogP contribution in [0.25, 0.3) is 6.08 Å². The van der Waals surface area contributed by atoms with Crippen molar-refractivity contribution in [2.75, 3.05) is 26.2 Å². The molecule has 2 rings (SSSR count). The molecule has 2 N–H and O–H groups in total. The van der Waals surface area contributed by atoms with Crippen molar-refractivity contribution in [1.82, 2.24) is 15.5 Å². The highest BCUT2D eigenvalue weighted by molar-refractivity contribution is 5.78. The predicted octanol–water partition coefficient (Wildman–Crippen LogP) is 2.01. The first-order valence-corrected chi connectivity index (χ1v) is 7.77. The third-order valence-electron chi connectivity index (χ3n) is 3.57. The van der Waals surface area contributed by atoms with E-state index in [2.05, 4.69) is 10.6 Å². The zero-order chi connectivity index (χ0) is 15.6. The highest BCUT2D eigenvalue weighted by Gasteiger charge is 2.17. The first-order chi connectivity index (χ1) is 10.8. The van der Waals surface area contributed by atoms with Crippen molar-refractivity contribution >= 4 is 18.0 Å². The molecular formula is C17H23N3O2. The molecule has 0 saturated carbocycles. The second-order valence-electron chi connectivity index (χ2n) is 5.29. The van der Waals surface area contributed by atoms with E-state index in [1.165, 1.54) is 0 Å². The Morgan fingerprint density at radius 3 is 2.55 bits per heavy atom. The number of rotatable bonds is 6. The molecule has 1 aromatic carbocycles. The Kier molecular flexibility index (Phi) is 6.48. The van der Waals surface area contributed by atoms with Gasteiger partial charge in [0.25, 0.3) is 0 Å². The highest BCUT2D eigenvalue weighted by atomic mass is 16.2. The molecule has 1 aliphatic heterocycles. The van der Waals surface area contributed by atoms with Crippen molar-refractivity contribution in [3.8, 4) is 0 Å². The van der Waals surface area contributed by atoms with E-state index < -0.39 is 0 Å². The maximum atomic E-state index is 11.8. The zero-order valence-corrected chi connectivity index (χ0v) is 12.8. The summed E-state index contributed by atoms with van der Waals surface area (Å²) in [6.07, 6.45) is 6.40. The van der Waals surface area contributed by atoms with Gasteiger partial charge in [0, 0.05) is 32.6 Å². The summed E-state index contributed by atoms with van der Waals surface area (Å²) in [4.78, 5) is 25.2. The van der Waals surface area contributed by atoms with Gasteiger partial charge in [0.1, 0.15) is 0 Å². The summed E-state index contributed by atoms with van der Waals surface area (Å²) >= 11 is 0. The molecule has 1 heterocycles. The third kappa shape index (κ3) is 5.60. The topological polar surface area (TPSA) is 61.4 Å². The molecule has 1 aliphatic rings. The molecule has 0 atom stereocenters. The minimum atomic E-state index is -0.244. The van der Waals surface area contributed by atoms with Gasteiger partial charge in [-0.2, -0.15) is 0 Å². The van der Waals surface area contributed by atoms with Gasteiger partial charge in [-0.05, 0) is 18.4 Å². The number of hydrogen-bond donors (Lipinski definition) is 2. The van der Waals surface area contributed by atoms with Gasteiger partial charge >= 0.3 is 6.03 Å². The van der Waals surface area contributed by atoms with Crippen LogP contribution in [0.5, 0.6) is 0 Å². The normalized spacial score (nSPS) is 14.3. The van der Waals surface area contributed by atoms with Crippen LogP contribution in [0.2, 0.25) is 0 Å². The van der Waals surface area contributed by atoms with Gasteiger partial charge in [-0.1, -0.05) is 42.5 Å². The average molecular weight is 301 g/mol. The smallest absolute Gasteiger partial charge is 0.315 e. The van der Waals surface area contributed by atoms with Crippen molar-refractivity contribution < 1.29 is 9.59 Å². The molecule has 5 heteroatoms. The number of carbonyl (C=O) groups excluding carboxylic acids is 2. The maximum absolute atomic E-state index is 11.8. The Balaban J connectivity index is 1.56. The number of benzene rings is 1. The Hall–Kier alpha value is -2.30. The van der Waals surface area contributed by atoms with E-state index >= 15 is 0 Å². The standard InChI is InChI=1S/C17H23N3O2/c21-16(20-13-4-5-14-20)10-12-19-17(22)18-11-6-9-15-7-2-1-3-8-15/h1-3,6-9H,4-5,10-14H2,(H2,18,19,22)/b9-6-. The molecule has 0 bridgehead atoms. The van der Waals surface area contributed by atoms with Crippen LogP contribution in [0.3, 0.4) is 0 Å². The Bertz CT molecular complexity index is 508. The first-order valence-electron chi connectivity index (χ1n) is 7.77. The summed E-state index contributed by atoms with van der Waals surface area (Å²) < 4.78 is 0. The lowest BCUT2D eigenvalue weighted by Gasteiger charge is -2.15. The van der Waals surface area contributed by atoms with Crippen LogP contribution < -0.4 is 10.6 Å².